The molecule has 0 aliphatic carbocycles. The summed E-state index contributed by atoms with van der Waals surface area (Å²) in [5.74, 6) is 1.40. The zero-order chi connectivity index (χ0) is 20.2. The molecule has 0 aliphatic heterocycles. The summed E-state index contributed by atoms with van der Waals surface area (Å²) in [5.41, 5.74) is 2.25. The molecule has 0 radical (unpaired) electrons. The lowest BCUT2D eigenvalue weighted by molar-refractivity contribution is -0.126. The van der Waals surface area contributed by atoms with Crippen molar-refractivity contribution in [2.75, 3.05) is 27.3 Å². The highest BCUT2D eigenvalue weighted by molar-refractivity contribution is 5.83. The zero-order valence-corrected chi connectivity index (χ0v) is 16.5. The van der Waals surface area contributed by atoms with Gasteiger partial charge in [0.25, 0.3) is 0 Å². The van der Waals surface area contributed by atoms with Gasteiger partial charge in [-0.1, -0.05) is 24.3 Å². The summed E-state index contributed by atoms with van der Waals surface area (Å²) >= 11 is 0. The number of hydrogen-bond acceptors (Lipinski definition) is 4. The van der Waals surface area contributed by atoms with Gasteiger partial charge in [-0.3, -0.25) is 9.59 Å². The molecule has 0 fully saturated rings. The topological polar surface area (TPSA) is 76.7 Å². The molecular weight excluding hydrogens is 356 g/mol. The maximum atomic E-state index is 11.9. The van der Waals surface area contributed by atoms with E-state index in [9.17, 15) is 9.59 Å². The number of nitrogens with one attached hydrogen (secondary N) is 2. The Morgan fingerprint density at radius 1 is 0.679 bits per heavy atom. The molecule has 0 saturated carbocycles. The Hall–Kier alpha value is -3.02. The van der Waals surface area contributed by atoms with Crippen molar-refractivity contribution in [3.05, 3.63) is 59.7 Å². The number of carbonyl (C=O) groups excluding carboxylic acids is 2. The number of carbonyl (C=O) groups is 2. The fourth-order valence-corrected chi connectivity index (χ4v) is 2.68. The van der Waals surface area contributed by atoms with Crippen molar-refractivity contribution >= 4 is 11.8 Å². The Morgan fingerprint density at radius 3 is 1.36 bits per heavy atom. The van der Waals surface area contributed by atoms with Crippen LogP contribution in [-0.2, 0) is 22.4 Å². The molecule has 0 unspecified atom stereocenters. The van der Waals surface area contributed by atoms with E-state index in [0.29, 0.717) is 13.1 Å². The molecule has 2 aromatic rings. The second-order valence-corrected chi connectivity index (χ2v) is 6.40. The minimum absolute atomic E-state index is 0.112. The number of rotatable bonds is 11. The van der Waals surface area contributed by atoms with E-state index in [1.807, 2.05) is 48.5 Å². The lowest BCUT2D eigenvalue weighted by Gasteiger charge is -2.08. The molecule has 2 rings (SSSR count). The van der Waals surface area contributed by atoms with E-state index < -0.39 is 0 Å². The molecule has 0 aromatic heterocycles. The third-order valence-corrected chi connectivity index (χ3v) is 4.37. The third-order valence-electron chi connectivity index (χ3n) is 4.37. The average Bonchev–Trinajstić information content (AvgIpc) is 2.73. The van der Waals surface area contributed by atoms with Crippen molar-refractivity contribution in [2.24, 2.45) is 0 Å². The normalized spacial score (nSPS) is 10.2. The monoisotopic (exact) mass is 384 g/mol. The van der Waals surface area contributed by atoms with Gasteiger partial charge >= 0.3 is 0 Å². The molecule has 2 aromatic carbocycles. The van der Waals surface area contributed by atoms with Gasteiger partial charge in [-0.15, -0.1) is 0 Å². The molecule has 0 saturated heterocycles. The number of amides is 2. The highest BCUT2D eigenvalue weighted by Gasteiger charge is 2.06. The molecule has 0 bridgehead atoms. The Bertz CT molecular complexity index is 677. The van der Waals surface area contributed by atoms with Gasteiger partial charge in [-0.25, -0.2) is 0 Å². The van der Waals surface area contributed by atoms with Crippen LogP contribution in [0, 0.1) is 0 Å². The Labute approximate surface area is 166 Å². The maximum absolute atomic E-state index is 11.9. The predicted molar refractivity (Wildman–Crippen MR) is 109 cm³/mol. The van der Waals surface area contributed by atoms with Crippen molar-refractivity contribution in [1.82, 2.24) is 10.6 Å². The first kappa shape index (κ1) is 21.3. The quantitative estimate of drug-likeness (QED) is 0.624. The highest BCUT2D eigenvalue weighted by Crippen LogP contribution is 2.12. The summed E-state index contributed by atoms with van der Waals surface area (Å²) in [6.45, 7) is 1.09. The molecule has 0 aliphatic rings. The lowest BCUT2D eigenvalue weighted by Crippen LogP contribution is -2.29. The summed E-state index contributed by atoms with van der Waals surface area (Å²) in [4.78, 5) is 23.7. The largest absolute Gasteiger partial charge is 0.497 e. The molecule has 0 heterocycles. The van der Waals surface area contributed by atoms with Gasteiger partial charge in [-0.2, -0.15) is 0 Å². The van der Waals surface area contributed by atoms with Crippen LogP contribution in [-0.4, -0.2) is 39.1 Å². The van der Waals surface area contributed by atoms with Crippen LogP contribution in [0.15, 0.2) is 48.5 Å². The van der Waals surface area contributed by atoms with Crippen LogP contribution in [0.25, 0.3) is 0 Å². The molecule has 0 spiro atoms. The zero-order valence-electron chi connectivity index (χ0n) is 16.5. The summed E-state index contributed by atoms with van der Waals surface area (Å²) in [6.07, 6.45) is 1.86. The van der Waals surface area contributed by atoms with Crippen molar-refractivity contribution in [3.8, 4) is 11.5 Å². The first-order valence-electron chi connectivity index (χ1n) is 9.40. The standard InChI is InChI=1S/C22H28N2O4/c1-27-19-7-3-17(4-8-19)13-15-23-21(25)11-12-22(26)24-16-14-18-5-9-20(28-2)10-6-18/h3-10H,11-16H2,1-2H3,(H,23,25)(H,24,26). The Balaban J connectivity index is 1.56. The van der Waals surface area contributed by atoms with E-state index in [1.54, 1.807) is 14.2 Å². The first-order chi connectivity index (χ1) is 13.6. The van der Waals surface area contributed by atoms with Crippen LogP contribution in [0.4, 0.5) is 0 Å². The minimum atomic E-state index is -0.112. The molecule has 6 nitrogen and oxygen atoms in total. The molecule has 150 valence electrons. The summed E-state index contributed by atoms with van der Waals surface area (Å²) in [6, 6.07) is 15.5. The van der Waals surface area contributed by atoms with Crippen molar-refractivity contribution < 1.29 is 19.1 Å². The van der Waals surface area contributed by atoms with Crippen LogP contribution < -0.4 is 20.1 Å². The molecule has 6 heteroatoms. The van der Waals surface area contributed by atoms with Crippen LogP contribution in [0.5, 0.6) is 11.5 Å². The van der Waals surface area contributed by atoms with Gasteiger partial charge in [0.15, 0.2) is 0 Å². The van der Waals surface area contributed by atoms with Crippen LogP contribution >= 0.6 is 0 Å². The number of hydrogen-bond donors (Lipinski definition) is 2. The minimum Gasteiger partial charge on any atom is -0.497 e. The predicted octanol–water partition coefficient (Wildman–Crippen LogP) is 2.50. The number of methoxy groups -OCH3 is 2. The van der Waals surface area contributed by atoms with Gasteiger partial charge in [0.05, 0.1) is 14.2 Å². The second-order valence-electron chi connectivity index (χ2n) is 6.40. The van der Waals surface area contributed by atoms with E-state index in [0.717, 1.165) is 35.5 Å². The molecule has 2 N–H and O–H groups in total. The molecule has 2 amide bonds. The van der Waals surface area contributed by atoms with Crippen LogP contribution in [0.1, 0.15) is 24.0 Å². The van der Waals surface area contributed by atoms with Gasteiger partial charge in [0, 0.05) is 25.9 Å². The first-order valence-corrected chi connectivity index (χ1v) is 9.40. The third kappa shape index (κ3) is 7.70. The van der Waals surface area contributed by atoms with Gasteiger partial charge < -0.3 is 20.1 Å². The molecular formula is C22H28N2O4. The van der Waals surface area contributed by atoms with E-state index >= 15 is 0 Å². The van der Waals surface area contributed by atoms with Gasteiger partial charge in [0.1, 0.15) is 11.5 Å². The van der Waals surface area contributed by atoms with E-state index in [-0.39, 0.29) is 24.7 Å². The fourth-order valence-electron chi connectivity index (χ4n) is 2.68. The lowest BCUT2D eigenvalue weighted by atomic mass is 10.1. The average molecular weight is 384 g/mol. The van der Waals surface area contributed by atoms with Crippen molar-refractivity contribution in [1.29, 1.82) is 0 Å². The fraction of sp³-hybridized carbons (Fsp3) is 0.364. The van der Waals surface area contributed by atoms with Crippen molar-refractivity contribution in [2.45, 2.75) is 25.7 Å². The SMILES string of the molecule is COc1ccc(CCNC(=O)CCC(=O)NCCc2ccc(OC)cc2)cc1. The number of ether oxygens (including phenoxy) is 2. The van der Waals surface area contributed by atoms with E-state index in [1.165, 1.54) is 0 Å². The van der Waals surface area contributed by atoms with E-state index in [4.69, 9.17) is 9.47 Å². The van der Waals surface area contributed by atoms with E-state index in [2.05, 4.69) is 10.6 Å². The van der Waals surface area contributed by atoms with Crippen LogP contribution in [0.3, 0.4) is 0 Å². The molecule has 28 heavy (non-hydrogen) atoms. The van der Waals surface area contributed by atoms with Crippen LogP contribution in [0.2, 0.25) is 0 Å². The van der Waals surface area contributed by atoms with Crippen molar-refractivity contribution in [3.63, 3.8) is 0 Å². The van der Waals surface area contributed by atoms with Gasteiger partial charge in [-0.05, 0) is 48.2 Å². The highest BCUT2D eigenvalue weighted by atomic mass is 16.5. The maximum Gasteiger partial charge on any atom is 0.220 e. The summed E-state index contributed by atoms with van der Waals surface area (Å²) < 4.78 is 10.2. The Kier molecular flexibility index (Phi) is 8.85. The number of benzene rings is 2. The summed E-state index contributed by atoms with van der Waals surface area (Å²) in [7, 11) is 3.26. The second kappa shape index (κ2) is 11.6. The summed E-state index contributed by atoms with van der Waals surface area (Å²) in [5, 5.41) is 5.69. The Morgan fingerprint density at radius 2 is 1.04 bits per heavy atom. The van der Waals surface area contributed by atoms with Gasteiger partial charge in [0.2, 0.25) is 11.8 Å². The smallest absolute Gasteiger partial charge is 0.220 e. The molecule has 0 atom stereocenters.